The highest BCUT2D eigenvalue weighted by molar-refractivity contribution is 5.44. The number of hydrogen-bond donors (Lipinski definition) is 1. The monoisotopic (exact) mass is 222 g/mol. The topological polar surface area (TPSA) is 41.1 Å². The van der Waals surface area contributed by atoms with Gasteiger partial charge in [-0.3, -0.25) is 0 Å². The molecule has 0 aromatic carbocycles. The minimum atomic E-state index is 0.740. The van der Waals surface area contributed by atoms with Gasteiger partial charge in [-0.25, -0.2) is 4.98 Å². The summed E-state index contributed by atoms with van der Waals surface area (Å²) < 4.78 is 0. The molecule has 0 fully saturated rings. The van der Waals surface area contributed by atoms with Crippen molar-refractivity contribution in [1.29, 1.82) is 0 Å². The molecule has 0 aliphatic heterocycles. The molecule has 1 aromatic heterocycles. The first kappa shape index (κ1) is 12.7. The van der Waals surface area contributed by atoms with Crippen molar-refractivity contribution in [1.82, 2.24) is 9.97 Å². The zero-order chi connectivity index (χ0) is 12.0. The molecule has 0 aliphatic rings. The molecule has 0 bridgehead atoms. The molecule has 0 spiro atoms. The zero-order valence-electron chi connectivity index (χ0n) is 10.7. The third-order valence-electron chi connectivity index (χ3n) is 2.46. The fourth-order valence-corrected chi connectivity index (χ4v) is 1.58. The van der Waals surface area contributed by atoms with E-state index >= 15 is 0 Å². The van der Waals surface area contributed by atoms with Gasteiger partial charge in [-0.2, -0.15) is 4.98 Å². The van der Waals surface area contributed by atoms with Gasteiger partial charge in [0.2, 0.25) is 5.95 Å². The van der Waals surface area contributed by atoms with E-state index in [1.807, 2.05) is 13.0 Å². The van der Waals surface area contributed by atoms with Gasteiger partial charge in [0.15, 0.2) is 0 Å². The molecule has 1 heterocycles. The van der Waals surface area contributed by atoms with Crippen LogP contribution in [0, 0.1) is 6.92 Å². The van der Waals surface area contributed by atoms with Crippen molar-refractivity contribution >= 4 is 11.8 Å². The van der Waals surface area contributed by atoms with Crippen LogP contribution < -0.4 is 10.2 Å². The predicted molar refractivity (Wildman–Crippen MR) is 69.1 cm³/mol. The zero-order valence-corrected chi connectivity index (χ0v) is 10.7. The highest BCUT2D eigenvalue weighted by Gasteiger charge is 2.06. The Kier molecular flexibility index (Phi) is 5.02. The lowest BCUT2D eigenvalue weighted by Crippen LogP contribution is -2.23. The maximum atomic E-state index is 4.52. The van der Waals surface area contributed by atoms with Crippen LogP contribution in [-0.2, 0) is 0 Å². The summed E-state index contributed by atoms with van der Waals surface area (Å²) in [4.78, 5) is 11.1. The maximum Gasteiger partial charge on any atom is 0.224 e. The van der Waals surface area contributed by atoms with Crippen molar-refractivity contribution in [3.63, 3.8) is 0 Å². The van der Waals surface area contributed by atoms with Crippen LogP contribution in [0.25, 0.3) is 0 Å². The van der Waals surface area contributed by atoms with Gasteiger partial charge in [0, 0.05) is 31.4 Å². The standard InChI is InChI=1S/C12H22N4/c1-5-8-13-12-14-10(4)9-11(15-12)16(6-2)7-3/h9H,5-8H2,1-4H3,(H,13,14,15). The van der Waals surface area contributed by atoms with Gasteiger partial charge >= 0.3 is 0 Å². The van der Waals surface area contributed by atoms with Crippen molar-refractivity contribution < 1.29 is 0 Å². The summed E-state index contributed by atoms with van der Waals surface area (Å²) in [6.45, 7) is 11.3. The van der Waals surface area contributed by atoms with E-state index in [-0.39, 0.29) is 0 Å². The van der Waals surface area contributed by atoms with E-state index in [1.165, 1.54) is 0 Å². The predicted octanol–water partition coefficient (Wildman–Crippen LogP) is 2.45. The molecule has 4 nitrogen and oxygen atoms in total. The molecule has 16 heavy (non-hydrogen) atoms. The molecule has 0 amide bonds. The van der Waals surface area contributed by atoms with Gasteiger partial charge in [-0.15, -0.1) is 0 Å². The number of rotatable bonds is 6. The van der Waals surface area contributed by atoms with Crippen LogP contribution in [0.1, 0.15) is 32.9 Å². The molecule has 1 N–H and O–H groups in total. The van der Waals surface area contributed by atoms with Crippen molar-refractivity contribution in [2.45, 2.75) is 34.1 Å². The summed E-state index contributed by atoms with van der Waals surface area (Å²) in [6, 6.07) is 2.03. The largest absolute Gasteiger partial charge is 0.357 e. The van der Waals surface area contributed by atoms with E-state index in [0.717, 1.165) is 43.5 Å². The first-order valence-electron chi connectivity index (χ1n) is 6.05. The SMILES string of the molecule is CCCNc1nc(C)cc(N(CC)CC)n1. The fraction of sp³-hybridized carbons (Fsp3) is 0.667. The fourth-order valence-electron chi connectivity index (χ4n) is 1.58. The van der Waals surface area contributed by atoms with Crippen LogP contribution in [0.3, 0.4) is 0 Å². The second-order valence-corrected chi connectivity index (χ2v) is 3.79. The Hall–Kier alpha value is -1.32. The lowest BCUT2D eigenvalue weighted by Gasteiger charge is -2.20. The Morgan fingerprint density at radius 2 is 1.88 bits per heavy atom. The number of anilines is 2. The van der Waals surface area contributed by atoms with Crippen LogP contribution in [0.4, 0.5) is 11.8 Å². The number of aryl methyl sites for hydroxylation is 1. The summed E-state index contributed by atoms with van der Waals surface area (Å²) in [5.41, 5.74) is 1.01. The summed E-state index contributed by atoms with van der Waals surface area (Å²) in [7, 11) is 0. The van der Waals surface area contributed by atoms with Gasteiger partial charge < -0.3 is 10.2 Å². The van der Waals surface area contributed by atoms with Crippen molar-refractivity contribution in [2.24, 2.45) is 0 Å². The van der Waals surface area contributed by atoms with Gasteiger partial charge in [0.25, 0.3) is 0 Å². The van der Waals surface area contributed by atoms with Crippen LogP contribution in [-0.4, -0.2) is 29.6 Å². The van der Waals surface area contributed by atoms with E-state index < -0.39 is 0 Å². The molecule has 0 unspecified atom stereocenters. The van der Waals surface area contributed by atoms with Gasteiger partial charge in [-0.1, -0.05) is 6.92 Å². The quantitative estimate of drug-likeness (QED) is 0.802. The lowest BCUT2D eigenvalue weighted by atomic mass is 10.4. The minimum absolute atomic E-state index is 0.740. The summed E-state index contributed by atoms with van der Waals surface area (Å²) >= 11 is 0. The average Bonchev–Trinajstić information content (AvgIpc) is 2.27. The molecule has 0 saturated carbocycles. The third-order valence-corrected chi connectivity index (χ3v) is 2.46. The number of nitrogens with zero attached hydrogens (tertiary/aromatic N) is 3. The van der Waals surface area contributed by atoms with E-state index in [9.17, 15) is 0 Å². The number of aromatic nitrogens is 2. The first-order chi connectivity index (χ1) is 7.71. The molecule has 4 heteroatoms. The van der Waals surface area contributed by atoms with E-state index in [4.69, 9.17) is 0 Å². The highest BCUT2D eigenvalue weighted by atomic mass is 15.2. The maximum absolute atomic E-state index is 4.52. The van der Waals surface area contributed by atoms with Crippen LogP contribution in [0.15, 0.2) is 6.07 Å². The average molecular weight is 222 g/mol. The Bertz CT molecular complexity index is 321. The van der Waals surface area contributed by atoms with E-state index in [0.29, 0.717) is 0 Å². The van der Waals surface area contributed by atoms with Gasteiger partial charge in [0.1, 0.15) is 5.82 Å². The van der Waals surface area contributed by atoms with Gasteiger partial charge in [-0.05, 0) is 27.2 Å². The molecule has 90 valence electrons. The molecule has 1 aromatic rings. The van der Waals surface area contributed by atoms with Crippen molar-refractivity contribution in [3.05, 3.63) is 11.8 Å². The summed E-state index contributed by atoms with van der Waals surface area (Å²) in [5, 5.41) is 3.23. The van der Waals surface area contributed by atoms with E-state index in [1.54, 1.807) is 0 Å². The molecule has 0 saturated heterocycles. The second-order valence-electron chi connectivity index (χ2n) is 3.79. The summed E-state index contributed by atoms with van der Waals surface area (Å²) in [6.07, 6.45) is 1.08. The van der Waals surface area contributed by atoms with Crippen LogP contribution in [0.5, 0.6) is 0 Å². The minimum Gasteiger partial charge on any atom is -0.357 e. The van der Waals surface area contributed by atoms with Crippen LogP contribution >= 0.6 is 0 Å². The summed E-state index contributed by atoms with van der Waals surface area (Å²) in [5.74, 6) is 1.75. The molecular weight excluding hydrogens is 200 g/mol. The van der Waals surface area contributed by atoms with Crippen molar-refractivity contribution in [3.8, 4) is 0 Å². The number of hydrogen-bond acceptors (Lipinski definition) is 4. The second kappa shape index (κ2) is 6.30. The number of nitrogens with one attached hydrogen (secondary N) is 1. The van der Waals surface area contributed by atoms with Crippen LogP contribution in [0.2, 0.25) is 0 Å². The lowest BCUT2D eigenvalue weighted by molar-refractivity contribution is 0.836. The molecule has 0 aliphatic carbocycles. The molecule has 1 rings (SSSR count). The smallest absolute Gasteiger partial charge is 0.224 e. The molecular formula is C12H22N4. The highest BCUT2D eigenvalue weighted by Crippen LogP contribution is 2.14. The van der Waals surface area contributed by atoms with Gasteiger partial charge in [0.05, 0.1) is 0 Å². The van der Waals surface area contributed by atoms with Crippen molar-refractivity contribution in [2.75, 3.05) is 29.9 Å². The van der Waals surface area contributed by atoms with E-state index in [2.05, 4.69) is 41.0 Å². The molecule has 0 radical (unpaired) electrons. The first-order valence-corrected chi connectivity index (χ1v) is 6.05. The molecule has 0 atom stereocenters. The Morgan fingerprint density at radius 3 is 2.44 bits per heavy atom. The third kappa shape index (κ3) is 3.36. The Balaban J connectivity index is 2.88. The normalized spacial score (nSPS) is 10.2. The Labute approximate surface area is 98.1 Å². The Morgan fingerprint density at radius 1 is 1.19 bits per heavy atom.